The van der Waals surface area contributed by atoms with Crippen molar-refractivity contribution in [3.8, 4) is 23.2 Å². The summed E-state index contributed by atoms with van der Waals surface area (Å²) in [7, 11) is -1.57. The molecule has 0 radical (unpaired) electrons. The van der Waals surface area contributed by atoms with Crippen LogP contribution in [0, 0.1) is 24.7 Å². The van der Waals surface area contributed by atoms with E-state index < -0.39 is 15.8 Å². The van der Waals surface area contributed by atoms with Gasteiger partial charge in [-0.2, -0.15) is 0 Å². The van der Waals surface area contributed by atoms with E-state index in [1.165, 1.54) is 44.3 Å². The molecule has 12 rings (SSSR count). The minimum Gasteiger partial charge on any atom is -0.366 e. The molecule has 10 aromatic carbocycles. The Morgan fingerprint density at radius 3 is 0.861 bits per heavy atom. The molecule has 0 bridgehead atoms. The van der Waals surface area contributed by atoms with Crippen LogP contribution in [0.4, 0.5) is 0 Å². The molecule has 0 aliphatic rings. The minimum atomic E-state index is -0.783. The predicted octanol–water partition coefficient (Wildman–Crippen LogP) is 14.2. The quantitative estimate of drug-likeness (QED) is 0.0590. The first-order valence-electron chi connectivity index (χ1n) is 23.7. The third kappa shape index (κ3) is 11.2. The van der Waals surface area contributed by atoms with Gasteiger partial charge in [0.15, 0.2) is 0 Å². The maximum absolute atomic E-state index is 7.60. The average Bonchev–Trinajstić information content (AvgIpc) is 3.97. The Morgan fingerprint density at radius 1 is 0.292 bits per heavy atom. The van der Waals surface area contributed by atoms with Gasteiger partial charge in [-0.1, -0.05) is 170 Å². The molecule has 72 heavy (non-hydrogen) atoms. The summed E-state index contributed by atoms with van der Waals surface area (Å²) in [5.41, 5.74) is 8.22. The van der Waals surface area contributed by atoms with Crippen LogP contribution in [-0.4, -0.2) is 21.5 Å². The van der Waals surface area contributed by atoms with Crippen LogP contribution in [0.5, 0.6) is 0 Å². The van der Waals surface area contributed by atoms with E-state index in [4.69, 9.17) is 12.8 Å². The molecule has 2 heterocycles. The van der Waals surface area contributed by atoms with E-state index in [1.807, 2.05) is 60.7 Å². The van der Waals surface area contributed by atoms with Crippen LogP contribution in [0.3, 0.4) is 0 Å². The number of aromatic nitrogens is 2. The summed E-state index contributed by atoms with van der Waals surface area (Å²) in [6.07, 6.45) is 17.7. The first-order valence-corrected chi connectivity index (χ1v) is 27.1. The second kappa shape index (κ2) is 25.1. The van der Waals surface area contributed by atoms with E-state index in [9.17, 15) is 0 Å². The minimum absolute atomic E-state index is 0. The molecule has 354 valence electrons. The number of fused-ring (bicyclic) bond motifs is 6. The van der Waals surface area contributed by atoms with Gasteiger partial charge in [-0.3, -0.25) is 11.8 Å². The van der Waals surface area contributed by atoms with Gasteiger partial charge in [-0.05, 0) is 107 Å². The number of nitrogens with zero attached hydrogens (tertiary/aromatic N) is 2. The Hall–Kier alpha value is -6.74. The summed E-state index contributed by atoms with van der Waals surface area (Å²) in [4.78, 5) is 0. The fourth-order valence-corrected chi connectivity index (χ4v) is 15.8. The Morgan fingerprint density at radius 2 is 0.556 bits per heavy atom. The molecule has 0 amide bonds. The maximum Gasteiger partial charge on any atom is 1.00 e. The smallest absolute Gasteiger partial charge is 0.366 e. The summed E-state index contributed by atoms with van der Waals surface area (Å²) in [6, 6.07) is 93.8. The first-order chi connectivity index (χ1) is 34.7. The fourth-order valence-electron chi connectivity index (χ4n) is 9.65. The fraction of sp³-hybridized carbons (Fsp3) is 0.0303. The largest absolute Gasteiger partial charge is 1.00 e. The second-order valence-corrected chi connectivity index (χ2v) is 22.2. The van der Waals surface area contributed by atoms with Gasteiger partial charge in [0, 0.05) is 22.1 Å². The van der Waals surface area contributed by atoms with E-state index in [2.05, 4.69) is 227 Å². The molecule has 0 N–H and O–H groups in total. The molecule has 0 spiro atoms. The van der Waals surface area contributed by atoms with Gasteiger partial charge in [0.25, 0.3) is 0 Å². The van der Waals surface area contributed by atoms with Crippen molar-refractivity contribution < 1.29 is 44.8 Å². The first kappa shape index (κ1) is 51.6. The van der Waals surface area contributed by atoms with Crippen LogP contribution in [0.25, 0.3) is 55.0 Å². The van der Waals surface area contributed by atoms with Crippen molar-refractivity contribution >= 4 is 80.7 Å². The van der Waals surface area contributed by atoms with Crippen LogP contribution in [-0.2, 0) is 44.8 Å². The van der Waals surface area contributed by atoms with Crippen molar-refractivity contribution in [1.29, 1.82) is 0 Å². The van der Waals surface area contributed by atoms with Gasteiger partial charge in [-0.25, -0.2) is 0 Å². The summed E-state index contributed by atoms with van der Waals surface area (Å²) in [5.74, 6) is 5.14. The van der Waals surface area contributed by atoms with Crippen molar-refractivity contribution in [1.82, 2.24) is 9.13 Å². The van der Waals surface area contributed by atoms with E-state index in [0.717, 1.165) is 55.3 Å². The number of rotatable bonds is 9. The van der Waals surface area contributed by atoms with Gasteiger partial charge in [-0.15, -0.1) is 23.3 Å². The number of benzene rings is 10. The van der Waals surface area contributed by atoms with E-state index in [-0.39, 0.29) is 44.8 Å². The second-order valence-electron chi connectivity index (χ2n) is 17.0. The van der Waals surface area contributed by atoms with Crippen molar-refractivity contribution in [3.63, 3.8) is 0 Å². The van der Waals surface area contributed by atoms with Gasteiger partial charge in [0.05, 0.1) is 48.1 Å². The molecule has 0 aliphatic carbocycles. The number of para-hydroxylation sites is 6. The standard InChI is InChI=1S/C26H24P2.2C20H12N.2Au/c1-5-13-23(14-6-1)27(24-15-7-2-8-16-24)21-22-28(25-17-9-3-10-18-25)26-19-11-4-12-20-26;2*1-2-15-9-8-13-18-17-12-6-7-14-19(17)21(20(15)18)16-10-4-3-5-11-16;;/h1-20H,21-22H2;2*3-14H;;/q;2*-1;2*+1/p+2. The van der Waals surface area contributed by atoms with Crippen LogP contribution < -0.4 is 21.2 Å². The molecule has 0 unspecified atom stereocenters. The molecule has 2 nitrogen and oxygen atoms in total. The van der Waals surface area contributed by atoms with Gasteiger partial charge < -0.3 is 22.0 Å². The molecular weight excluding hydrogens is 1280 g/mol. The molecule has 12 aromatic rings. The zero-order valence-electron chi connectivity index (χ0n) is 39.3. The van der Waals surface area contributed by atoms with Crippen LogP contribution >= 0.6 is 15.8 Å². The van der Waals surface area contributed by atoms with E-state index >= 15 is 0 Å². The van der Waals surface area contributed by atoms with Crippen LogP contribution in [0.1, 0.15) is 11.1 Å². The topological polar surface area (TPSA) is 9.86 Å². The van der Waals surface area contributed by atoms with Crippen LogP contribution in [0.15, 0.2) is 267 Å². The molecule has 0 saturated carbocycles. The summed E-state index contributed by atoms with van der Waals surface area (Å²) < 4.78 is 4.42. The van der Waals surface area contributed by atoms with Crippen molar-refractivity contribution in [2.24, 2.45) is 0 Å². The zero-order chi connectivity index (χ0) is 47.5. The maximum atomic E-state index is 7.60. The molecule has 0 atom stereocenters. The monoisotopic (exact) mass is 1330 g/mol. The van der Waals surface area contributed by atoms with Gasteiger partial charge >= 0.3 is 44.8 Å². The van der Waals surface area contributed by atoms with E-state index in [0.29, 0.717) is 0 Å². The zero-order valence-corrected chi connectivity index (χ0v) is 45.6. The average molecular weight is 1330 g/mol. The van der Waals surface area contributed by atoms with Crippen molar-refractivity contribution in [2.75, 3.05) is 12.3 Å². The van der Waals surface area contributed by atoms with Crippen LogP contribution in [0.2, 0.25) is 0 Å². The summed E-state index contributed by atoms with van der Waals surface area (Å²) in [5, 5.41) is 10.8. The molecule has 0 saturated heterocycles. The van der Waals surface area contributed by atoms with Crippen molar-refractivity contribution in [3.05, 3.63) is 291 Å². The molecule has 0 aliphatic heterocycles. The molecule has 2 aromatic heterocycles. The molecule has 6 heteroatoms. The van der Waals surface area contributed by atoms with E-state index in [1.54, 1.807) is 0 Å². The molecule has 0 fully saturated rings. The Kier molecular flexibility index (Phi) is 18.0. The normalized spacial score (nSPS) is 10.6. The SMILES string of the molecule is [Au+].[Au+].[C-]#Cc1cccc2c3ccccc3n(-c3ccccc3)c12.[C-]#Cc1cccc2c3ccccc3n(-c3ccccc3)c12.c1ccc([PH+](CC[PH+](c2ccccc2)c2ccccc2)c2ccccc2)cc1. The summed E-state index contributed by atoms with van der Waals surface area (Å²) in [6.45, 7) is 0. The Balaban J connectivity index is 0.000000144. The number of hydrogen-bond acceptors (Lipinski definition) is 0. The van der Waals surface area contributed by atoms with Gasteiger partial charge in [0.1, 0.15) is 12.3 Å². The Labute approximate surface area is 457 Å². The summed E-state index contributed by atoms with van der Waals surface area (Å²) >= 11 is 0. The predicted molar refractivity (Wildman–Crippen MR) is 305 cm³/mol. The third-order valence-electron chi connectivity index (χ3n) is 12.8. The van der Waals surface area contributed by atoms with Gasteiger partial charge in [0.2, 0.25) is 0 Å². The third-order valence-corrected chi connectivity index (χ3v) is 18.9. The molecular formula is C66H50Au2N2P2+2. The Bertz CT molecular complexity index is 3410. The van der Waals surface area contributed by atoms with Crippen molar-refractivity contribution in [2.45, 2.75) is 0 Å². The number of hydrogen-bond donors (Lipinski definition) is 0.